The molecule has 2 aromatic heterocycles. The number of nitrogens with one attached hydrogen (secondary N) is 1. The van der Waals surface area contributed by atoms with E-state index in [9.17, 15) is 22.7 Å². The van der Waals surface area contributed by atoms with Gasteiger partial charge in [-0.1, -0.05) is 12.1 Å². The van der Waals surface area contributed by atoms with Crippen LogP contribution in [0.4, 0.5) is 4.39 Å². The molecule has 0 spiro atoms. The molecule has 0 aliphatic heterocycles. The van der Waals surface area contributed by atoms with Gasteiger partial charge in [-0.15, -0.1) is 0 Å². The summed E-state index contributed by atoms with van der Waals surface area (Å²) < 4.78 is 44.8. The molecule has 3 rings (SSSR count). The minimum Gasteiger partial charge on any atom is -0.492 e. The highest BCUT2D eigenvalue weighted by molar-refractivity contribution is 7.91. The number of hydrogen-bond acceptors (Lipinski definition) is 7. The van der Waals surface area contributed by atoms with Gasteiger partial charge in [-0.3, -0.25) is 4.79 Å². The predicted octanol–water partition coefficient (Wildman–Crippen LogP) is 2.74. The fourth-order valence-electron chi connectivity index (χ4n) is 2.81. The van der Waals surface area contributed by atoms with E-state index < -0.39 is 32.1 Å². The van der Waals surface area contributed by atoms with E-state index in [0.717, 1.165) is 0 Å². The molecule has 10 heteroatoms. The van der Waals surface area contributed by atoms with E-state index in [1.165, 1.54) is 30.5 Å². The summed E-state index contributed by atoms with van der Waals surface area (Å²) in [6, 6.07) is 7.13. The first-order valence-corrected chi connectivity index (χ1v) is 10.5. The number of H-pyrrole nitrogens is 1. The van der Waals surface area contributed by atoms with Gasteiger partial charge in [0.05, 0.1) is 11.0 Å². The third-order valence-corrected chi connectivity index (χ3v) is 6.15. The summed E-state index contributed by atoms with van der Waals surface area (Å²) >= 11 is 0. The Morgan fingerprint density at radius 2 is 1.87 bits per heavy atom. The SMILES string of the molecule is Cc1c(-c2ccc(S(=O)(=O)c3c(O)nc(COC(C)C)[nH]c3=O)cc2)ccnc1F. The minimum absolute atomic E-state index is 0.00990. The fourth-order valence-corrected chi connectivity index (χ4v) is 4.12. The summed E-state index contributed by atoms with van der Waals surface area (Å²) in [5, 5.41) is 10.1. The van der Waals surface area contributed by atoms with Crippen molar-refractivity contribution in [3.63, 3.8) is 0 Å². The van der Waals surface area contributed by atoms with Crippen LogP contribution >= 0.6 is 0 Å². The molecule has 3 aromatic rings. The number of aromatic nitrogens is 3. The third-order valence-electron chi connectivity index (χ3n) is 4.35. The molecule has 0 saturated carbocycles. The number of aromatic hydroxyl groups is 1. The molecule has 2 heterocycles. The second-order valence-electron chi connectivity index (χ2n) is 6.83. The predicted molar refractivity (Wildman–Crippen MR) is 106 cm³/mol. The molecule has 0 aliphatic carbocycles. The Kier molecular flexibility index (Phi) is 5.99. The molecule has 158 valence electrons. The number of nitrogens with zero attached hydrogens (tertiary/aromatic N) is 2. The Bertz CT molecular complexity index is 1240. The van der Waals surface area contributed by atoms with Crippen molar-refractivity contribution in [3.05, 3.63) is 64.2 Å². The van der Waals surface area contributed by atoms with Crippen LogP contribution in [0.2, 0.25) is 0 Å². The van der Waals surface area contributed by atoms with Crippen LogP contribution in [0.5, 0.6) is 5.88 Å². The number of aromatic amines is 1. The zero-order valence-corrected chi connectivity index (χ0v) is 17.3. The molecule has 1 aromatic carbocycles. The van der Waals surface area contributed by atoms with Crippen molar-refractivity contribution in [2.24, 2.45) is 0 Å². The monoisotopic (exact) mass is 433 g/mol. The summed E-state index contributed by atoms with van der Waals surface area (Å²) in [5.41, 5.74) is 0.458. The van der Waals surface area contributed by atoms with Crippen LogP contribution in [0.1, 0.15) is 25.2 Å². The summed E-state index contributed by atoms with van der Waals surface area (Å²) in [4.78, 5) is 20.9. The van der Waals surface area contributed by atoms with Crippen LogP contribution in [-0.4, -0.2) is 34.6 Å². The number of ether oxygens (including phenoxy) is 1. The van der Waals surface area contributed by atoms with Crippen LogP contribution in [0, 0.1) is 12.9 Å². The molecule has 30 heavy (non-hydrogen) atoms. The highest BCUT2D eigenvalue weighted by Gasteiger charge is 2.27. The van der Waals surface area contributed by atoms with E-state index in [1.54, 1.807) is 26.8 Å². The third kappa shape index (κ3) is 4.24. The van der Waals surface area contributed by atoms with Crippen LogP contribution in [0.15, 0.2) is 51.1 Å². The van der Waals surface area contributed by atoms with Gasteiger partial charge in [0.1, 0.15) is 12.4 Å². The summed E-state index contributed by atoms with van der Waals surface area (Å²) in [6.45, 7) is 5.04. The first-order chi connectivity index (χ1) is 14.1. The highest BCUT2D eigenvalue weighted by Crippen LogP contribution is 2.28. The Labute approximate surface area is 172 Å². The summed E-state index contributed by atoms with van der Waals surface area (Å²) in [5.74, 6) is -1.51. The molecular formula is C20H20FN3O5S. The molecule has 0 unspecified atom stereocenters. The maximum absolute atomic E-state index is 13.7. The zero-order valence-electron chi connectivity index (χ0n) is 16.5. The van der Waals surface area contributed by atoms with Crippen LogP contribution < -0.4 is 5.56 Å². The van der Waals surface area contributed by atoms with Crippen molar-refractivity contribution >= 4 is 9.84 Å². The Hall–Kier alpha value is -3.11. The topological polar surface area (TPSA) is 122 Å². The molecular weight excluding hydrogens is 413 g/mol. The number of pyridine rings is 1. The molecule has 0 bridgehead atoms. The van der Waals surface area contributed by atoms with Crippen molar-refractivity contribution in [2.75, 3.05) is 0 Å². The number of sulfone groups is 1. The van der Waals surface area contributed by atoms with Crippen LogP contribution in [0.3, 0.4) is 0 Å². The average molecular weight is 433 g/mol. The standard InChI is InChI=1S/C20H20FN3O5S/c1-11(2)29-10-16-23-19(25)17(20(26)24-16)30(27,28)14-6-4-13(5-7-14)15-8-9-22-18(21)12(15)3/h4-9,11H,10H2,1-3H3,(H2,23,24,25,26). The van der Waals surface area contributed by atoms with Gasteiger partial charge in [0, 0.05) is 11.8 Å². The molecule has 0 saturated heterocycles. The molecule has 0 radical (unpaired) electrons. The number of hydrogen-bond donors (Lipinski definition) is 2. The van der Waals surface area contributed by atoms with E-state index in [-0.39, 0.29) is 23.4 Å². The lowest BCUT2D eigenvalue weighted by Crippen LogP contribution is -2.21. The fraction of sp³-hybridized carbons (Fsp3) is 0.250. The number of halogens is 1. The van der Waals surface area contributed by atoms with Gasteiger partial charge in [-0.25, -0.2) is 13.4 Å². The maximum atomic E-state index is 13.7. The van der Waals surface area contributed by atoms with E-state index in [1.807, 2.05) is 0 Å². The van der Waals surface area contributed by atoms with E-state index >= 15 is 0 Å². The van der Waals surface area contributed by atoms with Gasteiger partial charge in [-0.05, 0) is 50.1 Å². The molecule has 0 aliphatic rings. The Morgan fingerprint density at radius 1 is 1.20 bits per heavy atom. The normalized spacial score (nSPS) is 11.8. The van der Waals surface area contributed by atoms with Crippen molar-refractivity contribution in [2.45, 2.75) is 43.3 Å². The number of benzene rings is 1. The van der Waals surface area contributed by atoms with Crippen LogP contribution in [-0.2, 0) is 21.2 Å². The van der Waals surface area contributed by atoms with Crippen molar-refractivity contribution in [1.29, 1.82) is 0 Å². The molecule has 0 fully saturated rings. The number of rotatable bonds is 6. The smallest absolute Gasteiger partial charge is 0.274 e. The van der Waals surface area contributed by atoms with E-state index in [4.69, 9.17) is 4.74 Å². The quantitative estimate of drug-likeness (QED) is 0.573. The second-order valence-corrected chi connectivity index (χ2v) is 8.71. The summed E-state index contributed by atoms with van der Waals surface area (Å²) in [6.07, 6.45) is 1.17. The first-order valence-electron chi connectivity index (χ1n) is 9.01. The van der Waals surface area contributed by atoms with Gasteiger partial charge < -0.3 is 14.8 Å². The highest BCUT2D eigenvalue weighted by atomic mass is 32.2. The lowest BCUT2D eigenvalue weighted by Gasteiger charge is -2.10. The lowest BCUT2D eigenvalue weighted by molar-refractivity contribution is 0.0606. The van der Waals surface area contributed by atoms with Crippen LogP contribution in [0.25, 0.3) is 11.1 Å². The Balaban J connectivity index is 1.98. The van der Waals surface area contributed by atoms with Gasteiger partial charge in [0.2, 0.25) is 21.7 Å². The van der Waals surface area contributed by atoms with E-state index in [0.29, 0.717) is 16.7 Å². The molecule has 8 nitrogen and oxygen atoms in total. The Morgan fingerprint density at radius 3 is 2.47 bits per heavy atom. The molecule has 0 atom stereocenters. The first kappa shape index (κ1) is 21.6. The van der Waals surface area contributed by atoms with Crippen molar-refractivity contribution in [3.8, 4) is 17.0 Å². The van der Waals surface area contributed by atoms with Gasteiger partial charge >= 0.3 is 0 Å². The average Bonchev–Trinajstić information content (AvgIpc) is 2.68. The van der Waals surface area contributed by atoms with Crippen molar-refractivity contribution in [1.82, 2.24) is 15.0 Å². The van der Waals surface area contributed by atoms with Gasteiger partial charge in [0.25, 0.3) is 5.56 Å². The summed E-state index contributed by atoms with van der Waals surface area (Å²) in [7, 11) is -4.35. The lowest BCUT2D eigenvalue weighted by atomic mass is 10.0. The molecule has 0 amide bonds. The largest absolute Gasteiger partial charge is 0.492 e. The second kappa shape index (κ2) is 8.33. The van der Waals surface area contributed by atoms with Gasteiger partial charge in [0.15, 0.2) is 4.90 Å². The van der Waals surface area contributed by atoms with Gasteiger partial charge in [-0.2, -0.15) is 9.37 Å². The van der Waals surface area contributed by atoms with Crippen molar-refractivity contribution < 1.29 is 22.7 Å². The zero-order chi connectivity index (χ0) is 22.1. The maximum Gasteiger partial charge on any atom is 0.274 e. The molecule has 2 N–H and O–H groups in total. The minimum atomic E-state index is -4.35. The van der Waals surface area contributed by atoms with E-state index in [2.05, 4.69) is 15.0 Å².